The summed E-state index contributed by atoms with van der Waals surface area (Å²) in [6.45, 7) is -0.251. The third-order valence-electron chi connectivity index (χ3n) is 4.33. The summed E-state index contributed by atoms with van der Waals surface area (Å²) in [5.74, 6) is -0.447. The van der Waals surface area contributed by atoms with Crippen LogP contribution in [0.15, 0.2) is 77.8 Å². The Bertz CT molecular complexity index is 1130. The van der Waals surface area contributed by atoms with Crippen LogP contribution in [0, 0.1) is 0 Å². The molecule has 3 aromatic carbocycles. The summed E-state index contributed by atoms with van der Waals surface area (Å²) in [5, 5.41) is 3.13. The number of benzene rings is 3. The van der Waals surface area contributed by atoms with E-state index in [1.54, 1.807) is 6.20 Å². The molecule has 27 heavy (non-hydrogen) atoms. The largest absolute Gasteiger partial charge is 0.457 e. The molecule has 0 saturated carbocycles. The fourth-order valence-corrected chi connectivity index (χ4v) is 3.71. The van der Waals surface area contributed by atoms with Crippen LogP contribution in [-0.4, -0.2) is 29.1 Å². The highest BCUT2D eigenvalue weighted by Crippen LogP contribution is 2.24. The van der Waals surface area contributed by atoms with Crippen LogP contribution in [0.2, 0.25) is 0 Å². The second-order valence-corrected chi connectivity index (χ2v) is 7.18. The van der Waals surface area contributed by atoms with E-state index >= 15 is 0 Å². The molecule has 0 aliphatic heterocycles. The van der Waals surface area contributed by atoms with Gasteiger partial charge in [-0.25, -0.2) is 0 Å². The molecule has 0 amide bonds. The zero-order valence-electron chi connectivity index (χ0n) is 14.5. The number of fused-ring (bicyclic) bond motifs is 2. The number of hydrogen-bond donors (Lipinski definition) is 1. The molecule has 1 heterocycles. The molecule has 134 valence electrons. The number of rotatable bonds is 6. The molecule has 0 aliphatic rings. The normalized spacial score (nSPS) is 11.0. The number of aromatic amines is 1. The number of H-pyrrole nitrogens is 1. The van der Waals surface area contributed by atoms with Gasteiger partial charge in [-0.05, 0) is 29.0 Å². The van der Waals surface area contributed by atoms with Crippen molar-refractivity contribution in [2.45, 2.75) is 4.90 Å². The minimum absolute atomic E-state index is 0.166. The first-order valence-corrected chi connectivity index (χ1v) is 9.56. The Morgan fingerprint density at radius 1 is 0.926 bits per heavy atom. The van der Waals surface area contributed by atoms with Crippen molar-refractivity contribution in [2.24, 2.45) is 0 Å². The van der Waals surface area contributed by atoms with Crippen molar-refractivity contribution < 1.29 is 14.3 Å². The Balaban J connectivity index is 1.33. The fourth-order valence-electron chi connectivity index (χ4n) is 2.97. The molecule has 0 unspecified atom stereocenters. The van der Waals surface area contributed by atoms with Gasteiger partial charge in [0, 0.05) is 27.6 Å². The number of carbonyl (C=O) groups is 2. The molecule has 0 radical (unpaired) electrons. The van der Waals surface area contributed by atoms with Crippen LogP contribution in [0.1, 0.15) is 10.4 Å². The summed E-state index contributed by atoms with van der Waals surface area (Å²) in [7, 11) is 0. The summed E-state index contributed by atoms with van der Waals surface area (Å²) >= 11 is 1.40. The number of esters is 1. The van der Waals surface area contributed by atoms with Crippen molar-refractivity contribution in [3.05, 3.63) is 78.5 Å². The average molecular weight is 375 g/mol. The van der Waals surface area contributed by atoms with Gasteiger partial charge in [0.1, 0.15) is 0 Å². The first-order valence-electron chi connectivity index (χ1n) is 8.57. The van der Waals surface area contributed by atoms with Crippen molar-refractivity contribution in [1.29, 1.82) is 0 Å². The van der Waals surface area contributed by atoms with Crippen LogP contribution in [-0.2, 0) is 9.53 Å². The van der Waals surface area contributed by atoms with Gasteiger partial charge in [-0.2, -0.15) is 0 Å². The highest BCUT2D eigenvalue weighted by atomic mass is 32.2. The van der Waals surface area contributed by atoms with E-state index in [4.69, 9.17) is 4.74 Å². The monoisotopic (exact) mass is 375 g/mol. The van der Waals surface area contributed by atoms with Gasteiger partial charge in [0.25, 0.3) is 0 Å². The molecule has 5 heteroatoms. The third-order valence-corrected chi connectivity index (χ3v) is 5.30. The molecule has 4 nitrogen and oxygen atoms in total. The predicted molar refractivity (Wildman–Crippen MR) is 108 cm³/mol. The summed E-state index contributed by atoms with van der Waals surface area (Å²) in [4.78, 5) is 28.4. The Morgan fingerprint density at radius 3 is 2.59 bits per heavy atom. The number of aromatic nitrogens is 1. The molecular weight excluding hydrogens is 358 g/mol. The van der Waals surface area contributed by atoms with E-state index in [9.17, 15) is 9.59 Å². The lowest BCUT2D eigenvalue weighted by atomic mass is 10.1. The van der Waals surface area contributed by atoms with Gasteiger partial charge in [-0.15, -0.1) is 11.8 Å². The van der Waals surface area contributed by atoms with Crippen LogP contribution in [0.4, 0.5) is 0 Å². The standard InChI is InChI=1S/C22H17NO3S/c24-21(19-12-23-20-8-4-3-7-18(19)20)13-26-22(25)14-27-17-10-9-15-5-1-2-6-16(15)11-17/h1-12,23H,13-14H2. The van der Waals surface area contributed by atoms with E-state index in [2.05, 4.69) is 4.98 Å². The molecule has 0 fully saturated rings. The van der Waals surface area contributed by atoms with E-state index < -0.39 is 5.97 Å². The predicted octanol–water partition coefficient (Wildman–Crippen LogP) is 4.84. The van der Waals surface area contributed by atoms with Crippen LogP contribution < -0.4 is 0 Å². The lowest BCUT2D eigenvalue weighted by Crippen LogP contribution is -2.15. The van der Waals surface area contributed by atoms with Gasteiger partial charge in [-0.1, -0.05) is 48.5 Å². The van der Waals surface area contributed by atoms with E-state index in [-0.39, 0.29) is 18.1 Å². The quantitative estimate of drug-likeness (QED) is 0.298. The lowest BCUT2D eigenvalue weighted by Gasteiger charge is -2.05. The van der Waals surface area contributed by atoms with Gasteiger partial charge in [-0.3, -0.25) is 9.59 Å². The summed E-state index contributed by atoms with van der Waals surface area (Å²) in [5.41, 5.74) is 1.43. The van der Waals surface area contributed by atoms with Gasteiger partial charge in [0.2, 0.25) is 5.78 Å². The van der Waals surface area contributed by atoms with Crippen molar-refractivity contribution in [3.63, 3.8) is 0 Å². The SMILES string of the molecule is O=C(CSc1ccc2ccccc2c1)OCC(=O)c1c[nH]c2ccccc12. The number of carbonyl (C=O) groups excluding carboxylic acids is 2. The van der Waals surface area contributed by atoms with E-state index in [0.29, 0.717) is 5.56 Å². The van der Waals surface area contributed by atoms with Crippen LogP contribution in [0.5, 0.6) is 0 Å². The second-order valence-electron chi connectivity index (χ2n) is 6.13. The second kappa shape index (κ2) is 7.68. The number of para-hydroxylation sites is 1. The Hall–Kier alpha value is -3.05. The highest BCUT2D eigenvalue weighted by molar-refractivity contribution is 8.00. The molecule has 1 aromatic heterocycles. The van der Waals surface area contributed by atoms with Crippen molar-refractivity contribution in [3.8, 4) is 0 Å². The maximum Gasteiger partial charge on any atom is 0.316 e. The van der Waals surface area contributed by atoms with Crippen molar-refractivity contribution in [2.75, 3.05) is 12.4 Å². The Kier molecular flexibility index (Phi) is 4.94. The number of Topliss-reactive ketones (excluding diaryl/α,β-unsaturated/α-hetero) is 1. The summed E-state index contributed by atoms with van der Waals surface area (Å²) < 4.78 is 5.16. The smallest absolute Gasteiger partial charge is 0.316 e. The first kappa shape index (κ1) is 17.4. The average Bonchev–Trinajstić information content (AvgIpc) is 3.14. The van der Waals surface area contributed by atoms with Crippen LogP contribution in [0.3, 0.4) is 0 Å². The molecule has 4 aromatic rings. The molecule has 1 N–H and O–H groups in total. The minimum atomic E-state index is -0.402. The number of nitrogens with one attached hydrogen (secondary N) is 1. The molecule has 0 spiro atoms. The maximum atomic E-state index is 12.3. The van der Waals surface area contributed by atoms with Gasteiger partial charge in [0.05, 0.1) is 5.75 Å². The van der Waals surface area contributed by atoms with Gasteiger partial charge < -0.3 is 9.72 Å². The summed E-state index contributed by atoms with van der Waals surface area (Å²) in [6, 6.07) is 21.7. The Labute approximate surface area is 160 Å². The van der Waals surface area contributed by atoms with Crippen molar-refractivity contribution in [1.82, 2.24) is 4.98 Å². The van der Waals surface area contributed by atoms with Gasteiger partial charge >= 0.3 is 5.97 Å². The first-order chi connectivity index (χ1) is 13.2. The number of thioether (sulfide) groups is 1. The van der Waals surface area contributed by atoms with E-state index in [0.717, 1.165) is 26.6 Å². The number of ketones is 1. The van der Waals surface area contributed by atoms with Crippen molar-refractivity contribution >= 4 is 45.2 Å². The minimum Gasteiger partial charge on any atom is -0.457 e. The molecule has 0 atom stereocenters. The summed E-state index contributed by atoms with van der Waals surface area (Å²) in [6.07, 6.45) is 1.66. The molecule has 0 aliphatic carbocycles. The van der Waals surface area contributed by atoms with E-state index in [1.165, 1.54) is 11.8 Å². The lowest BCUT2D eigenvalue weighted by molar-refractivity contribution is -0.139. The zero-order chi connectivity index (χ0) is 18.6. The number of hydrogen-bond acceptors (Lipinski definition) is 4. The highest BCUT2D eigenvalue weighted by Gasteiger charge is 2.14. The van der Waals surface area contributed by atoms with Crippen LogP contribution >= 0.6 is 11.8 Å². The fraction of sp³-hybridized carbons (Fsp3) is 0.0909. The van der Waals surface area contributed by atoms with E-state index in [1.807, 2.05) is 66.7 Å². The third kappa shape index (κ3) is 3.88. The topological polar surface area (TPSA) is 59.2 Å². The zero-order valence-corrected chi connectivity index (χ0v) is 15.3. The molecule has 4 rings (SSSR count). The maximum absolute atomic E-state index is 12.3. The van der Waals surface area contributed by atoms with Gasteiger partial charge in [0.15, 0.2) is 6.61 Å². The molecule has 0 saturated heterocycles. The molecule has 0 bridgehead atoms. The van der Waals surface area contributed by atoms with Crippen LogP contribution in [0.25, 0.3) is 21.7 Å². The molecular formula is C22H17NO3S. The Morgan fingerprint density at radius 2 is 1.70 bits per heavy atom. The number of ether oxygens (including phenoxy) is 1.